The Kier molecular flexibility index (Phi) is 3.08. The zero-order valence-corrected chi connectivity index (χ0v) is 11.3. The van der Waals surface area contributed by atoms with E-state index in [1.54, 1.807) is 28.8 Å². The Hall–Kier alpha value is -1.77. The third-order valence-corrected chi connectivity index (χ3v) is 3.84. The Morgan fingerprint density at radius 3 is 2.80 bits per heavy atom. The van der Waals surface area contributed by atoms with E-state index in [1.807, 2.05) is 6.92 Å². The van der Waals surface area contributed by atoms with Crippen molar-refractivity contribution >= 4 is 11.2 Å². The first-order valence-electron chi connectivity index (χ1n) is 6.41. The van der Waals surface area contributed by atoms with Crippen LogP contribution in [0.3, 0.4) is 0 Å². The lowest BCUT2D eigenvalue weighted by atomic mass is 10.0. The van der Waals surface area contributed by atoms with Crippen molar-refractivity contribution < 1.29 is 14.9 Å². The Bertz CT molecular complexity index is 694. The molecule has 0 unspecified atom stereocenters. The second-order valence-electron chi connectivity index (χ2n) is 5.13. The molecule has 0 bridgehead atoms. The molecule has 4 atom stereocenters. The molecule has 1 aliphatic heterocycles. The second-order valence-corrected chi connectivity index (χ2v) is 5.13. The van der Waals surface area contributed by atoms with Gasteiger partial charge in [-0.25, -0.2) is 9.97 Å². The minimum Gasteiger partial charge on any atom is -0.394 e. The number of nitrogens with zero attached hydrogens (tertiary/aromatic N) is 4. The topological polar surface area (TPSA) is 109 Å². The van der Waals surface area contributed by atoms with Gasteiger partial charge in [-0.2, -0.15) is 0 Å². The molecule has 0 aromatic carbocycles. The maximum absolute atomic E-state index is 10.0. The fraction of sp³-hybridized carbons (Fsp3) is 0.583. The Balaban J connectivity index is 2.08. The summed E-state index contributed by atoms with van der Waals surface area (Å²) in [6.07, 6.45) is 1.30. The van der Waals surface area contributed by atoms with Crippen LogP contribution in [0.4, 0.5) is 0 Å². The number of aryl methyl sites for hydroxylation is 1. The molecular weight excluding hydrogens is 262 g/mol. The Labute approximate surface area is 114 Å². The number of nitrogens with one attached hydrogen (secondary N) is 1. The lowest BCUT2D eigenvalue weighted by molar-refractivity contribution is -0.0447. The van der Waals surface area contributed by atoms with Gasteiger partial charge in [-0.15, -0.1) is 0 Å². The van der Waals surface area contributed by atoms with Crippen LogP contribution in [0, 0.1) is 11.3 Å². The molecule has 3 rings (SSSR count). The lowest BCUT2D eigenvalue weighted by Gasteiger charge is -2.17. The molecular formula is C12H17N5O3. The monoisotopic (exact) mass is 279 g/mol. The highest BCUT2D eigenvalue weighted by Gasteiger charge is 2.42. The van der Waals surface area contributed by atoms with E-state index in [0.29, 0.717) is 11.2 Å². The van der Waals surface area contributed by atoms with E-state index in [-0.39, 0.29) is 18.0 Å². The van der Waals surface area contributed by atoms with Crippen LogP contribution in [0.15, 0.2) is 12.7 Å². The van der Waals surface area contributed by atoms with Gasteiger partial charge in [0, 0.05) is 13.0 Å². The first kappa shape index (κ1) is 13.2. The minimum absolute atomic E-state index is 0.200. The average molecular weight is 279 g/mol. The Morgan fingerprint density at radius 1 is 1.40 bits per heavy atom. The quantitative estimate of drug-likeness (QED) is 0.662. The molecule has 2 aromatic heterocycles. The maximum atomic E-state index is 10.0. The molecule has 1 aliphatic rings. The summed E-state index contributed by atoms with van der Waals surface area (Å²) in [7, 11) is 1.73. The molecule has 0 spiro atoms. The summed E-state index contributed by atoms with van der Waals surface area (Å²) in [5.74, 6) is -0.200. The first-order chi connectivity index (χ1) is 9.54. The fourth-order valence-electron chi connectivity index (χ4n) is 2.56. The van der Waals surface area contributed by atoms with Gasteiger partial charge in [0.05, 0.1) is 25.4 Å². The highest BCUT2D eigenvalue weighted by Crippen LogP contribution is 2.35. The number of aliphatic hydroxyl groups is 2. The summed E-state index contributed by atoms with van der Waals surface area (Å²) in [5, 5.41) is 27.2. The highest BCUT2D eigenvalue weighted by molar-refractivity contribution is 5.68. The first-order valence-corrected chi connectivity index (χ1v) is 6.41. The summed E-state index contributed by atoms with van der Waals surface area (Å²) in [6.45, 7) is 1.61. The third-order valence-electron chi connectivity index (χ3n) is 3.84. The fourth-order valence-corrected chi connectivity index (χ4v) is 2.56. The molecule has 1 fully saturated rings. The largest absolute Gasteiger partial charge is 0.394 e. The molecule has 20 heavy (non-hydrogen) atoms. The molecule has 8 heteroatoms. The zero-order valence-electron chi connectivity index (χ0n) is 11.3. The number of rotatable bonds is 2. The molecule has 0 saturated carbocycles. The van der Waals surface area contributed by atoms with Crippen molar-refractivity contribution in [2.45, 2.75) is 25.4 Å². The smallest absolute Gasteiger partial charge is 0.167 e. The number of ether oxygens (including phenoxy) is 1. The lowest BCUT2D eigenvalue weighted by Crippen LogP contribution is -2.28. The van der Waals surface area contributed by atoms with Crippen molar-refractivity contribution in [2.24, 2.45) is 13.0 Å². The van der Waals surface area contributed by atoms with E-state index in [0.717, 1.165) is 0 Å². The number of hydrogen-bond donors (Lipinski definition) is 3. The van der Waals surface area contributed by atoms with Gasteiger partial charge in [0.25, 0.3) is 0 Å². The zero-order chi connectivity index (χ0) is 14.4. The van der Waals surface area contributed by atoms with E-state index in [9.17, 15) is 10.2 Å². The van der Waals surface area contributed by atoms with Crippen molar-refractivity contribution in [3.8, 4) is 0 Å². The van der Waals surface area contributed by atoms with Gasteiger partial charge < -0.3 is 19.5 Å². The van der Waals surface area contributed by atoms with Crippen LogP contribution in [-0.4, -0.2) is 48.1 Å². The number of hydrogen-bond acceptors (Lipinski definition) is 6. The van der Waals surface area contributed by atoms with Crippen LogP contribution >= 0.6 is 0 Å². The van der Waals surface area contributed by atoms with Crippen LogP contribution in [0.1, 0.15) is 13.2 Å². The summed E-state index contributed by atoms with van der Waals surface area (Å²) in [6, 6.07) is 0. The van der Waals surface area contributed by atoms with Gasteiger partial charge in [-0.1, -0.05) is 6.92 Å². The third kappa shape index (κ3) is 1.76. The summed E-state index contributed by atoms with van der Waals surface area (Å²) >= 11 is 0. The SMILES string of the molecule is C[C@@H]1[C@H](O)[C@@H](CO)O[C@H]1n1cnc2c(=N)n(C)cnc21. The Morgan fingerprint density at radius 2 is 2.15 bits per heavy atom. The van der Waals surface area contributed by atoms with Crippen LogP contribution < -0.4 is 5.49 Å². The second kappa shape index (κ2) is 4.65. The van der Waals surface area contributed by atoms with Crippen LogP contribution in [-0.2, 0) is 11.8 Å². The van der Waals surface area contributed by atoms with Gasteiger partial charge in [0.15, 0.2) is 11.1 Å². The maximum Gasteiger partial charge on any atom is 0.167 e. The standard InChI is InChI=1S/C12H17N5O3/c1-6-9(19)7(3-18)20-12(6)17-5-14-8-10(13)16(2)4-15-11(8)17/h4-7,9,12-13,18-19H,3H2,1-2H3/t6-,7-,9+,12-/m1/s1. The van der Waals surface area contributed by atoms with Gasteiger partial charge >= 0.3 is 0 Å². The van der Waals surface area contributed by atoms with Crippen LogP contribution in [0.5, 0.6) is 0 Å². The minimum atomic E-state index is -0.738. The molecule has 1 saturated heterocycles. The van der Waals surface area contributed by atoms with Crippen LogP contribution in [0.2, 0.25) is 0 Å². The molecule has 3 heterocycles. The van der Waals surface area contributed by atoms with Crippen molar-refractivity contribution in [3.05, 3.63) is 18.1 Å². The van der Waals surface area contributed by atoms with E-state index in [1.165, 1.54) is 0 Å². The van der Waals surface area contributed by atoms with Crippen molar-refractivity contribution in [1.29, 1.82) is 5.41 Å². The molecule has 0 radical (unpaired) electrons. The van der Waals surface area contributed by atoms with Gasteiger partial charge in [-0.05, 0) is 0 Å². The molecule has 8 nitrogen and oxygen atoms in total. The van der Waals surface area contributed by atoms with Crippen molar-refractivity contribution in [3.63, 3.8) is 0 Å². The van der Waals surface area contributed by atoms with Gasteiger partial charge in [0.1, 0.15) is 17.8 Å². The van der Waals surface area contributed by atoms with E-state index < -0.39 is 18.4 Å². The summed E-state index contributed by atoms with van der Waals surface area (Å²) in [5.41, 5.74) is 1.28. The van der Waals surface area contributed by atoms with E-state index >= 15 is 0 Å². The van der Waals surface area contributed by atoms with E-state index in [2.05, 4.69) is 9.97 Å². The predicted molar refractivity (Wildman–Crippen MR) is 68.5 cm³/mol. The van der Waals surface area contributed by atoms with Gasteiger partial charge in [-0.3, -0.25) is 9.98 Å². The summed E-state index contributed by atoms with van der Waals surface area (Å²) < 4.78 is 8.95. The summed E-state index contributed by atoms with van der Waals surface area (Å²) in [4.78, 5) is 8.48. The highest BCUT2D eigenvalue weighted by atomic mass is 16.5. The number of aromatic nitrogens is 4. The molecule has 3 N–H and O–H groups in total. The van der Waals surface area contributed by atoms with Crippen molar-refractivity contribution in [2.75, 3.05) is 6.61 Å². The van der Waals surface area contributed by atoms with Crippen molar-refractivity contribution in [1.82, 2.24) is 19.1 Å². The molecule has 0 aliphatic carbocycles. The number of fused-ring (bicyclic) bond motifs is 1. The average Bonchev–Trinajstić information content (AvgIpc) is 2.98. The molecule has 108 valence electrons. The van der Waals surface area contributed by atoms with Crippen LogP contribution in [0.25, 0.3) is 11.2 Å². The van der Waals surface area contributed by atoms with Gasteiger partial charge in [0.2, 0.25) is 0 Å². The normalized spacial score (nSPS) is 30.2. The molecule has 2 aromatic rings. The number of aliphatic hydroxyl groups excluding tert-OH is 2. The molecule has 0 amide bonds. The predicted octanol–water partition coefficient (Wildman–Crippen LogP) is -0.864. The van der Waals surface area contributed by atoms with E-state index in [4.69, 9.17) is 10.1 Å². The number of imidazole rings is 1.